The van der Waals surface area contributed by atoms with E-state index in [1.807, 2.05) is 0 Å². The van der Waals surface area contributed by atoms with E-state index in [4.69, 9.17) is 0 Å². The summed E-state index contributed by atoms with van der Waals surface area (Å²) in [6.07, 6.45) is 5.34. The van der Waals surface area contributed by atoms with Crippen molar-refractivity contribution < 1.29 is 8.78 Å². The van der Waals surface area contributed by atoms with Gasteiger partial charge in [-0.1, -0.05) is 39.2 Å². The molecule has 21 heavy (non-hydrogen) atoms. The Balaban J connectivity index is 2.30. The molecule has 2 atom stereocenters. The first-order valence-corrected chi connectivity index (χ1v) is 8.18. The molecule has 1 aliphatic carbocycles. The van der Waals surface area contributed by atoms with Crippen molar-refractivity contribution in [3.05, 3.63) is 34.9 Å². The Hall–Kier alpha value is -0.960. The molecule has 0 spiro atoms. The Kier molecular flexibility index (Phi) is 5.74. The van der Waals surface area contributed by atoms with Crippen molar-refractivity contribution in [3.8, 4) is 0 Å². The summed E-state index contributed by atoms with van der Waals surface area (Å²) in [4.78, 5) is 0. The van der Waals surface area contributed by atoms with Gasteiger partial charge < -0.3 is 5.32 Å². The number of benzene rings is 1. The molecule has 1 fully saturated rings. The summed E-state index contributed by atoms with van der Waals surface area (Å²) in [5.41, 5.74) is 0.874. The lowest BCUT2D eigenvalue weighted by atomic mass is 9.81. The van der Waals surface area contributed by atoms with E-state index in [2.05, 4.69) is 19.2 Å². The van der Waals surface area contributed by atoms with Crippen molar-refractivity contribution in [2.24, 2.45) is 5.92 Å². The van der Waals surface area contributed by atoms with Crippen molar-refractivity contribution >= 4 is 0 Å². The lowest BCUT2D eigenvalue weighted by Crippen LogP contribution is -2.32. The van der Waals surface area contributed by atoms with Crippen molar-refractivity contribution in [3.63, 3.8) is 0 Å². The van der Waals surface area contributed by atoms with Gasteiger partial charge in [-0.25, -0.2) is 8.78 Å². The van der Waals surface area contributed by atoms with Crippen LogP contribution in [0.5, 0.6) is 0 Å². The van der Waals surface area contributed by atoms with Crippen molar-refractivity contribution in [2.45, 2.75) is 64.8 Å². The van der Waals surface area contributed by atoms with Crippen molar-refractivity contribution in [2.75, 3.05) is 6.54 Å². The van der Waals surface area contributed by atoms with Crippen LogP contribution < -0.4 is 5.32 Å². The maximum atomic E-state index is 14.5. The minimum atomic E-state index is -0.375. The SMILES string of the molecule is Cc1ccc(F)c(C2CCCCCC2CNC(C)C)c1F. The van der Waals surface area contributed by atoms with Gasteiger partial charge in [-0.2, -0.15) is 0 Å². The van der Waals surface area contributed by atoms with E-state index >= 15 is 0 Å². The third kappa shape index (κ3) is 4.03. The van der Waals surface area contributed by atoms with Crippen LogP contribution in [0.4, 0.5) is 8.78 Å². The smallest absolute Gasteiger partial charge is 0.132 e. The summed E-state index contributed by atoms with van der Waals surface area (Å²) in [6.45, 7) is 6.78. The fraction of sp³-hybridized carbons (Fsp3) is 0.667. The summed E-state index contributed by atoms with van der Waals surface area (Å²) >= 11 is 0. The van der Waals surface area contributed by atoms with Crippen LogP contribution in [0.3, 0.4) is 0 Å². The Labute approximate surface area is 127 Å². The minimum Gasteiger partial charge on any atom is -0.314 e. The first kappa shape index (κ1) is 16.4. The molecule has 1 aromatic rings. The highest BCUT2D eigenvalue weighted by molar-refractivity contribution is 5.30. The molecule has 1 saturated carbocycles. The van der Waals surface area contributed by atoms with Crippen LogP contribution in [0.15, 0.2) is 12.1 Å². The fourth-order valence-corrected chi connectivity index (χ4v) is 3.41. The van der Waals surface area contributed by atoms with Crippen LogP contribution in [0, 0.1) is 24.5 Å². The quantitative estimate of drug-likeness (QED) is 0.776. The van der Waals surface area contributed by atoms with E-state index in [1.165, 1.54) is 18.6 Å². The summed E-state index contributed by atoms with van der Waals surface area (Å²) < 4.78 is 28.8. The van der Waals surface area contributed by atoms with E-state index in [1.54, 1.807) is 6.92 Å². The number of rotatable bonds is 4. The van der Waals surface area contributed by atoms with E-state index in [-0.39, 0.29) is 17.6 Å². The molecule has 0 aliphatic heterocycles. The standard InChI is InChI=1S/C18H27F2N/c1-12(2)21-11-14-7-5-4-6-8-15(14)17-16(19)10-9-13(3)18(17)20/h9-10,12,14-15,21H,4-8,11H2,1-3H3. The second-order valence-electron chi connectivity index (χ2n) is 6.66. The van der Waals surface area contributed by atoms with Crippen LogP contribution in [-0.4, -0.2) is 12.6 Å². The van der Waals surface area contributed by atoms with Gasteiger partial charge in [0.25, 0.3) is 0 Å². The van der Waals surface area contributed by atoms with Crippen LogP contribution in [0.1, 0.15) is 63.0 Å². The normalized spacial score (nSPS) is 23.3. The summed E-state index contributed by atoms with van der Waals surface area (Å²) in [5.74, 6) is -0.393. The molecule has 1 aliphatic rings. The van der Waals surface area contributed by atoms with E-state index in [9.17, 15) is 8.78 Å². The van der Waals surface area contributed by atoms with E-state index in [0.29, 0.717) is 23.1 Å². The summed E-state index contributed by atoms with van der Waals surface area (Å²) in [7, 11) is 0. The molecule has 2 unspecified atom stereocenters. The highest BCUT2D eigenvalue weighted by Crippen LogP contribution is 2.39. The molecule has 0 saturated heterocycles. The maximum absolute atomic E-state index is 14.5. The zero-order valence-electron chi connectivity index (χ0n) is 13.4. The van der Waals surface area contributed by atoms with E-state index < -0.39 is 0 Å². The Bertz CT molecular complexity index is 471. The number of hydrogen-bond acceptors (Lipinski definition) is 1. The summed E-state index contributed by atoms with van der Waals surface area (Å²) in [6, 6.07) is 3.36. The summed E-state index contributed by atoms with van der Waals surface area (Å²) in [5, 5.41) is 3.45. The predicted octanol–water partition coefficient (Wildman–Crippen LogP) is 4.94. The molecule has 2 rings (SSSR count). The van der Waals surface area contributed by atoms with Gasteiger partial charge in [0.2, 0.25) is 0 Å². The van der Waals surface area contributed by atoms with Gasteiger partial charge in [-0.15, -0.1) is 0 Å². The van der Waals surface area contributed by atoms with Gasteiger partial charge in [0.15, 0.2) is 0 Å². The molecule has 1 aromatic carbocycles. The van der Waals surface area contributed by atoms with Gasteiger partial charge >= 0.3 is 0 Å². The lowest BCUT2D eigenvalue weighted by Gasteiger charge is -2.28. The molecule has 0 radical (unpaired) electrons. The van der Waals surface area contributed by atoms with Crippen molar-refractivity contribution in [1.82, 2.24) is 5.32 Å². The average Bonchev–Trinajstić information content (AvgIpc) is 2.67. The highest BCUT2D eigenvalue weighted by Gasteiger charge is 2.30. The Morgan fingerprint density at radius 1 is 1.14 bits per heavy atom. The maximum Gasteiger partial charge on any atom is 0.132 e. The molecule has 1 nitrogen and oxygen atoms in total. The largest absolute Gasteiger partial charge is 0.314 e. The van der Waals surface area contributed by atoms with E-state index in [0.717, 1.165) is 32.2 Å². The molecule has 1 N–H and O–H groups in total. The first-order chi connectivity index (χ1) is 10.0. The Morgan fingerprint density at radius 3 is 2.57 bits per heavy atom. The third-order valence-corrected chi connectivity index (χ3v) is 4.64. The lowest BCUT2D eigenvalue weighted by molar-refractivity contribution is 0.346. The molecule has 0 aromatic heterocycles. The topological polar surface area (TPSA) is 12.0 Å². The fourth-order valence-electron chi connectivity index (χ4n) is 3.41. The van der Waals surface area contributed by atoms with Gasteiger partial charge in [0.1, 0.15) is 11.6 Å². The molecule has 0 amide bonds. The molecule has 118 valence electrons. The zero-order chi connectivity index (χ0) is 15.4. The van der Waals surface area contributed by atoms with Crippen LogP contribution in [0.2, 0.25) is 0 Å². The number of nitrogens with one attached hydrogen (secondary N) is 1. The predicted molar refractivity (Wildman–Crippen MR) is 83.5 cm³/mol. The van der Waals surface area contributed by atoms with Gasteiger partial charge in [0.05, 0.1) is 0 Å². The first-order valence-electron chi connectivity index (χ1n) is 8.18. The minimum absolute atomic E-state index is 0.00125. The second kappa shape index (κ2) is 7.35. The molecular weight excluding hydrogens is 268 g/mol. The molecule has 0 heterocycles. The van der Waals surface area contributed by atoms with Crippen molar-refractivity contribution in [1.29, 1.82) is 0 Å². The average molecular weight is 295 g/mol. The number of hydrogen-bond donors (Lipinski definition) is 1. The van der Waals surface area contributed by atoms with Crippen LogP contribution in [-0.2, 0) is 0 Å². The molecule has 3 heteroatoms. The van der Waals surface area contributed by atoms with Gasteiger partial charge in [-0.3, -0.25) is 0 Å². The number of halogens is 2. The third-order valence-electron chi connectivity index (χ3n) is 4.64. The highest BCUT2D eigenvalue weighted by atomic mass is 19.1. The van der Waals surface area contributed by atoms with Gasteiger partial charge in [-0.05, 0) is 49.8 Å². The monoisotopic (exact) mass is 295 g/mol. The zero-order valence-corrected chi connectivity index (χ0v) is 13.4. The molecular formula is C18H27F2N. The molecule has 0 bridgehead atoms. The van der Waals surface area contributed by atoms with Gasteiger partial charge in [0, 0.05) is 11.6 Å². The Morgan fingerprint density at radius 2 is 1.86 bits per heavy atom. The van der Waals surface area contributed by atoms with Crippen LogP contribution >= 0.6 is 0 Å². The van der Waals surface area contributed by atoms with Crippen LogP contribution in [0.25, 0.3) is 0 Å². The number of aryl methyl sites for hydroxylation is 1. The second-order valence-corrected chi connectivity index (χ2v) is 6.66.